The molecule has 4 aromatic rings. The molecule has 6 rings (SSSR count). The summed E-state index contributed by atoms with van der Waals surface area (Å²) in [5.74, 6) is 0.413. The summed E-state index contributed by atoms with van der Waals surface area (Å²) in [5, 5.41) is 9.17. The lowest BCUT2D eigenvalue weighted by Crippen LogP contribution is -2.18. The number of ketones is 1. The van der Waals surface area contributed by atoms with Crippen LogP contribution in [-0.4, -0.2) is 84.0 Å². The number of hydrogen-bond acceptors (Lipinski definition) is 15. The van der Waals surface area contributed by atoms with Crippen molar-refractivity contribution >= 4 is 11.8 Å². The van der Waals surface area contributed by atoms with E-state index in [9.17, 15) is 14.7 Å². The van der Waals surface area contributed by atoms with Crippen LogP contribution in [-0.2, 0) is 32.2 Å². The summed E-state index contributed by atoms with van der Waals surface area (Å²) in [6.07, 6.45) is 4.91. The molecule has 16 heteroatoms. The zero-order valence-corrected chi connectivity index (χ0v) is 26.8. The smallest absolute Gasteiger partial charge is 0.354 e. The average molecular weight is 678 g/mol. The maximum Gasteiger partial charge on any atom is 0.354 e. The van der Waals surface area contributed by atoms with Crippen LogP contribution in [0.3, 0.4) is 0 Å². The van der Waals surface area contributed by atoms with Gasteiger partial charge in [-0.1, -0.05) is 12.1 Å². The molecule has 2 saturated heterocycles. The van der Waals surface area contributed by atoms with Gasteiger partial charge in [-0.15, -0.1) is 0 Å². The van der Waals surface area contributed by atoms with E-state index in [1.807, 2.05) is 0 Å². The molecule has 0 aromatic carbocycles. The fraction of sp³-hybridized carbons (Fsp3) is 0.333. The van der Waals surface area contributed by atoms with Crippen LogP contribution in [0.5, 0.6) is 23.3 Å². The highest BCUT2D eigenvalue weighted by Gasteiger charge is 2.25. The first kappa shape index (κ1) is 35.1. The Morgan fingerprint density at radius 3 is 1.63 bits per heavy atom. The molecule has 0 saturated carbocycles. The SMILES string of the molecule is COc1cc(C2OCCO2)c(OCc2cccnc2C(=O)CN)cn1.COc1cc(C2OCCO2)c(OCc2cccnc2C(=O)O)cn1. The number of pyridine rings is 4. The molecule has 258 valence electrons. The standard InChI is InChI=1S/C17H19N3O5.C16H16N2O6/c1-22-15-7-12(17-23-5-6-24-17)14(9-20-15)25-10-11-3-2-4-19-16(11)13(21)8-18;1-21-13-7-11(16-22-5-6-23-16)12(8-18-13)24-9-10-3-2-4-17-14(10)15(19)20/h2-4,7,9,17H,5-6,8,10,18H2,1H3;2-4,7-8,16H,5-6,9H2,1H3,(H,19,20). The molecular weight excluding hydrogens is 642 g/mol. The van der Waals surface area contributed by atoms with Crippen LogP contribution >= 0.6 is 0 Å². The molecule has 6 heterocycles. The Labute approximate surface area is 281 Å². The van der Waals surface area contributed by atoms with Gasteiger partial charge in [-0.25, -0.2) is 19.7 Å². The Morgan fingerprint density at radius 1 is 0.755 bits per heavy atom. The number of hydrogen-bond donors (Lipinski definition) is 2. The van der Waals surface area contributed by atoms with Crippen LogP contribution in [0.4, 0.5) is 0 Å². The zero-order chi connectivity index (χ0) is 34.6. The van der Waals surface area contributed by atoms with Crippen molar-refractivity contribution in [3.8, 4) is 23.3 Å². The van der Waals surface area contributed by atoms with E-state index in [0.29, 0.717) is 77.6 Å². The number of carboxylic acid groups (broad SMARTS) is 1. The second-order valence-corrected chi connectivity index (χ2v) is 10.2. The Balaban J connectivity index is 0.000000191. The Kier molecular flexibility index (Phi) is 12.3. The molecule has 2 fully saturated rings. The number of carboxylic acids is 1. The van der Waals surface area contributed by atoms with Gasteiger partial charge in [0.15, 0.2) is 24.1 Å². The molecular formula is C33H35N5O11. The maximum absolute atomic E-state index is 11.9. The summed E-state index contributed by atoms with van der Waals surface area (Å²) < 4.78 is 44.0. The summed E-state index contributed by atoms with van der Waals surface area (Å²) in [4.78, 5) is 39.3. The summed E-state index contributed by atoms with van der Waals surface area (Å²) in [5.41, 5.74) is 8.12. The van der Waals surface area contributed by atoms with Crippen molar-refractivity contribution in [2.75, 3.05) is 47.2 Å². The van der Waals surface area contributed by atoms with Crippen LogP contribution in [0.15, 0.2) is 61.2 Å². The third-order valence-corrected chi connectivity index (χ3v) is 7.12. The van der Waals surface area contributed by atoms with Crippen molar-refractivity contribution in [1.29, 1.82) is 0 Å². The van der Waals surface area contributed by atoms with E-state index in [0.717, 1.165) is 0 Å². The quantitative estimate of drug-likeness (QED) is 0.195. The van der Waals surface area contributed by atoms with Gasteiger partial charge in [0.25, 0.3) is 0 Å². The normalized spacial score (nSPS) is 14.5. The van der Waals surface area contributed by atoms with Crippen LogP contribution in [0, 0.1) is 0 Å². The maximum atomic E-state index is 11.9. The lowest BCUT2D eigenvalue weighted by atomic mass is 10.1. The minimum Gasteiger partial charge on any atom is -0.487 e. The van der Waals surface area contributed by atoms with Crippen molar-refractivity contribution in [3.63, 3.8) is 0 Å². The van der Waals surface area contributed by atoms with Crippen LogP contribution in [0.1, 0.15) is 55.8 Å². The average Bonchev–Trinajstić information content (AvgIpc) is 3.89. The van der Waals surface area contributed by atoms with Crippen LogP contribution < -0.4 is 24.7 Å². The number of aromatic carboxylic acids is 1. The zero-order valence-electron chi connectivity index (χ0n) is 26.8. The van der Waals surface area contributed by atoms with Crippen LogP contribution in [0.25, 0.3) is 0 Å². The predicted octanol–water partition coefficient (Wildman–Crippen LogP) is 3.06. The molecule has 2 aliphatic heterocycles. The highest BCUT2D eigenvalue weighted by atomic mass is 16.7. The number of carbonyl (C=O) groups is 2. The molecule has 3 N–H and O–H groups in total. The van der Waals surface area contributed by atoms with Gasteiger partial charge in [-0.2, -0.15) is 0 Å². The molecule has 16 nitrogen and oxygen atoms in total. The molecule has 0 unspecified atom stereocenters. The number of aromatic nitrogens is 4. The van der Waals surface area contributed by atoms with Gasteiger partial charge in [0.05, 0.1) is 70.7 Å². The summed E-state index contributed by atoms with van der Waals surface area (Å²) >= 11 is 0. The van der Waals surface area contributed by atoms with Crippen molar-refractivity contribution in [3.05, 3.63) is 94.8 Å². The van der Waals surface area contributed by atoms with Crippen molar-refractivity contribution in [2.24, 2.45) is 5.73 Å². The van der Waals surface area contributed by atoms with Crippen molar-refractivity contribution in [2.45, 2.75) is 25.8 Å². The summed E-state index contributed by atoms with van der Waals surface area (Å²) in [6, 6.07) is 10.2. The number of methoxy groups -OCH3 is 2. The third kappa shape index (κ3) is 9.01. The second kappa shape index (κ2) is 17.2. The Morgan fingerprint density at radius 2 is 1.20 bits per heavy atom. The van der Waals surface area contributed by atoms with Gasteiger partial charge in [-0.05, 0) is 12.1 Å². The molecule has 4 aromatic heterocycles. The first-order chi connectivity index (χ1) is 23.9. The predicted molar refractivity (Wildman–Crippen MR) is 168 cm³/mol. The lowest BCUT2D eigenvalue weighted by molar-refractivity contribution is -0.0463. The van der Waals surface area contributed by atoms with Gasteiger partial charge in [0.2, 0.25) is 11.8 Å². The van der Waals surface area contributed by atoms with E-state index in [-0.39, 0.29) is 31.2 Å². The van der Waals surface area contributed by atoms with E-state index in [2.05, 4.69) is 19.9 Å². The Bertz CT molecular complexity index is 1730. The number of ether oxygens (including phenoxy) is 8. The number of Topliss-reactive ketones (excluding diaryl/α,β-unsaturated/α-hetero) is 1. The molecule has 0 aliphatic carbocycles. The molecule has 0 amide bonds. The topological polar surface area (TPSA) is 206 Å². The van der Waals surface area contributed by atoms with Gasteiger partial charge >= 0.3 is 5.97 Å². The highest BCUT2D eigenvalue weighted by Crippen LogP contribution is 2.34. The minimum atomic E-state index is -1.11. The third-order valence-electron chi connectivity index (χ3n) is 7.12. The molecule has 0 spiro atoms. The first-order valence-electron chi connectivity index (χ1n) is 15.1. The van der Waals surface area contributed by atoms with E-state index >= 15 is 0 Å². The number of nitrogens with two attached hydrogens (primary N) is 1. The molecule has 49 heavy (non-hydrogen) atoms. The van der Waals surface area contributed by atoms with Gasteiger partial charge < -0.3 is 48.7 Å². The second-order valence-electron chi connectivity index (χ2n) is 10.2. The molecule has 0 bridgehead atoms. The van der Waals surface area contributed by atoms with E-state index in [1.54, 1.807) is 48.8 Å². The first-order valence-corrected chi connectivity index (χ1v) is 15.1. The van der Waals surface area contributed by atoms with E-state index in [4.69, 9.17) is 43.6 Å². The molecule has 0 radical (unpaired) electrons. The van der Waals surface area contributed by atoms with Crippen molar-refractivity contribution in [1.82, 2.24) is 19.9 Å². The monoisotopic (exact) mass is 677 g/mol. The Hall–Kier alpha value is -5.26. The van der Waals surface area contributed by atoms with E-state index in [1.165, 1.54) is 26.6 Å². The fourth-order valence-electron chi connectivity index (χ4n) is 4.75. The van der Waals surface area contributed by atoms with Gasteiger partial charge in [0, 0.05) is 35.7 Å². The van der Waals surface area contributed by atoms with Crippen molar-refractivity contribution < 1.29 is 52.6 Å². The number of nitrogens with zero attached hydrogens (tertiary/aromatic N) is 4. The van der Waals surface area contributed by atoms with Gasteiger partial charge in [-0.3, -0.25) is 9.78 Å². The summed E-state index contributed by atoms with van der Waals surface area (Å²) in [6.45, 7) is 2.05. The number of carbonyl (C=O) groups excluding carboxylic acids is 1. The molecule has 0 atom stereocenters. The molecule has 2 aliphatic rings. The minimum absolute atomic E-state index is 0.0310. The summed E-state index contributed by atoms with van der Waals surface area (Å²) in [7, 11) is 3.04. The lowest BCUT2D eigenvalue weighted by Gasteiger charge is -2.16. The van der Waals surface area contributed by atoms with Crippen LogP contribution in [0.2, 0.25) is 0 Å². The van der Waals surface area contributed by atoms with Gasteiger partial charge in [0.1, 0.15) is 30.4 Å². The fourth-order valence-corrected chi connectivity index (χ4v) is 4.75. The largest absolute Gasteiger partial charge is 0.487 e. The highest BCUT2D eigenvalue weighted by molar-refractivity contribution is 5.96. The van der Waals surface area contributed by atoms with E-state index < -0.39 is 18.5 Å². The number of rotatable bonds is 13.